The maximum Gasteiger partial charge on any atom is 0.387 e. The monoisotopic (exact) mass is 296 g/mol. The number of carbonyl (C=O) groups is 1. The highest BCUT2D eigenvalue weighted by molar-refractivity contribution is 5.84. The Kier molecular flexibility index (Phi) is 4.19. The summed E-state index contributed by atoms with van der Waals surface area (Å²) in [6.07, 6.45) is 4.11. The molecule has 0 amide bonds. The number of carbonyl (C=O) groups excluding carboxylic acids is 1. The van der Waals surface area contributed by atoms with Gasteiger partial charge in [0.25, 0.3) is 0 Å². The van der Waals surface area contributed by atoms with Crippen molar-refractivity contribution in [1.29, 1.82) is 0 Å². The molecule has 2 aliphatic rings. The Hall–Kier alpha value is -1.49. The van der Waals surface area contributed by atoms with Crippen molar-refractivity contribution in [3.63, 3.8) is 0 Å². The van der Waals surface area contributed by atoms with Gasteiger partial charge in [-0.3, -0.25) is 4.79 Å². The predicted octanol–water partition coefficient (Wildman–Crippen LogP) is 3.36. The van der Waals surface area contributed by atoms with E-state index in [4.69, 9.17) is 4.74 Å². The molecule has 3 nitrogen and oxygen atoms in total. The second-order valence-electron chi connectivity index (χ2n) is 5.76. The first-order valence-corrected chi connectivity index (χ1v) is 7.32. The molecule has 0 aliphatic carbocycles. The number of para-hydroxylation sites is 1. The number of fused-ring (bicyclic) bond motifs is 2. The Morgan fingerprint density at radius 1 is 1.24 bits per heavy atom. The molecule has 114 valence electrons. The van der Waals surface area contributed by atoms with Crippen LogP contribution in [0.15, 0.2) is 24.3 Å². The van der Waals surface area contributed by atoms with Crippen LogP contribution >= 0.6 is 0 Å². The smallest absolute Gasteiger partial charge is 0.387 e. The van der Waals surface area contributed by atoms with Gasteiger partial charge in [0.1, 0.15) is 11.5 Å². The van der Waals surface area contributed by atoms with Gasteiger partial charge in [0.05, 0.1) is 12.2 Å². The zero-order chi connectivity index (χ0) is 14.8. The summed E-state index contributed by atoms with van der Waals surface area (Å²) < 4.78 is 35.0. The summed E-state index contributed by atoms with van der Waals surface area (Å²) in [6, 6.07) is 6.50. The van der Waals surface area contributed by atoms with Gasteiger partial charge in [-0.1, -0.05) is 18.2 Å². The summed E-state index contributed by atoms with van der Waals surface area (Å²) in [6.45, 7) is -2.87. The van der Waals surface area contributed by atoms with E-state index in [9.17, 15) is 13.6 Å². The van der Waals surface area contributed by atoms with Gasteiger partial charge >= 0.3 is 6.61 Å². The Labute approximate surface area is 122 Å². The lowest BCUT2D eigenvalue weighted by atomic mass is 9.88. The summed E-state index contributed by atoms with van der Waals surface area (Å²) in [5, 5.41) is 0. The van der Waals surface area contributed by atoms with Crippen molar-refractivity contribution in [1.82, 2.24) is 0 Å². The van der Waals surface area contributed by atoms with Crippen LogP contribution in [-0.4, -0.2) is 24.6 Å². The first-order chi connectivity index (χ1) is 10.1. The Morgan fingerprint density at radius 3 is 2.57 bits per heavy atom. The van der Waals surface area contributed by atoms with E-state index in [2.05, 4.69) is 4.74 Å². The van der Waals surface area contributed by atoms with Crippen LogP contribution in [0.3, 0.4) is 0 Å². The summed E-state index contributed by atoms with van der Waals surface area (Å²) in [4.78, 5) is 12.4. The largest absolute Gasteiger partial charge is 0.435 e. The number of ether oxygens (including phenoxy) is 2. The Morgan fingerprint density at radius 2 is 1.90 bits per heavy atom. The molecule has 5 heteroatoms. The minimum absolute atomic E-state index is 0.0177. The summed E-state index contributed by atoms with van der Waals surface area (Å²) in [7, 11) is 0. The average Bonchev–Trinajstić information content (AvgIpc) is 2.79. The van der Waals surface area contributed by atoms with Gasteiger partial charge in [0.2, 0.25) is 0 Å². The molecule has 2 heterocycles. The molecule has 2 bridgehead atoms. The van der Waals surface area contributed by atoms with Crippen LogP contribution in [-0.2, 0) is 16.0 Å². The highest BCUT2D eigenvalue weighted by Gasteiger charge is 2.37. The minimum atomic E-state index is -2.87. The second-order valence-corrected chi connectivity index (χ2v) is 5.76. The minimum Gasteiger partial charge on any atom is -0.435 e. The third kappa shape index (κ3) is 3.40. The normalized spacial score (nSPS) is 27.9. The maximum atomic E-state index is 12.4. The number of hydrogen-bond acceptors (Lipinski definition) is 3. The molecule has 2 fully saturated rings. The fourth-order valence-corrected chi connectivity index (χ4v) is 3.31. The fraction of sp³-hybridized carbons (Fsp3) is 0.562. The van der Waals surface area contributed by atoms with E-state index in [1.807, 2.05) is 0 Å². The number of Topliss-reactive ketones (excluding diaryl/α,β-unsaturated/α-hetero) is 1. The zero-order valence-corrected chi connectivity index (χ0v) is 11.6. The van der Waals surface area contributed by atoms with Gasteiger partial charge < -0.3 is 9.47 Å². The van der Waals surface area contributed by atoms with Crippen LogP contribution in [0.25, 0.3) is 0 Å². The Bertz CT molecular complexity index is 506. The van der Waals surface area contributed by atoms with E-state index in [-0.39, 0.29) is 36.1 Å². The van der Waals surface area contributed by atoms with Crippen molar-refractivity contribution in [2.75, 3.05) is 0 Å². The molecule has 1 aromatic rings. The third-order valence-corrected chi connectivity index (χ3v) is 4.30. The van der Waals surface area contributed by atoms with Crippen LogP contribution in [0.2, 0.25) is 0 Å². The zero-order valence-electron chi connectivity index (χ0n) is 11.6. The van der Waals surface area contributed by atoms with Gasteiger partial charge in [0.15, 0.2) is 0 Å². The summed E-state index contributed by atoms with van der Waals surface area (Å²) in [5.74, 6) is 0.173. The van der Waals surface area contributed by atoms with E-state index < -0.39 is 6.61 Å². The number of benzene rings is 1. The average molecular weight is 296 g/mol. The lowest BCUT2D eigenvalue weighted by Crippen LogP contribution is -2.30. The van der Waals surface area contributed by atoms with Gasteiger partial charge in [-0.2, -0.15) is 8.78 Å². The van der Waals surface area contributed by atoms with E-state index in [0.717, 1.165) is 25.7 Å². The molecular formula is C16H18F2O3. The number of alkyl halides is 2. The van der Waals surface area contributed by atoms with Crippen molar-refractivity contribution in [2.45, 2.75) is 50.9 Å². The van der Waals surface area contributed by atoms with E-state index >= 15 is 0 Å². The van der Waals surface area contributed by atoms with Gasteiger partial charge in [-0.25, -0.2) is 0 Å². The molecule has 0 saturated carbocycles. The molecule has 3 rings (SSSR count). The lowest BCUT2D eigenvalue weighted by Gasteiger charge is -2.27. The molecule has 0 aromatic heterocycles. The highest BCUT2D eigenvalue weighted by Crippen LogP contribution is 2.37. The maximum absolute atomic E-state index is 12.4. The van der Waals surface area contributed by atoms with Crippen molar-refractivity contribution < 1.29 is 23.0 Å². The number of rotatable bonds is 5. The van der Waals surface area contributed by atoms with Gasteiger partial charge in [0, 0.05) is 17.9 Å². The van der Waals surface area contributed by atoms with Crippen LogP contribution in [0, 0.1) is 5.92 Å². The van der Waals surface area contributed by atoms with Crippen molar-refractivity contribution >= 4 is 5.78 Å². The standard InChI is InChI=1S/C16H18F2O3/c17-16(18)21-15-4-2-1-3-10(15)9-14(19)11-7-12-5-6-13(8-11)20-12/h1-4,11-13,16H,5-9H2. The van der Waals surface area contributed by atoms with Crippen LogP contribution < -0.4 is 4.74 Å². The lowest BCUT2D eigenvalue weighted by molar-refractivity contribution is -0.128. The first kappa shape index (κ1) is 14.4. The molecule has 2 aliphatic heterocycles. The second kappa shape index (κ2) is 6.10. The first-order valence-electron chi connectivity index (χ1n) is 7.32. The van der Waals surface area contributed by atoms with Crippen LogP contribution in [0.5, 0.6) is 5.75 Å². The highest BCUT2D eigenvalue weighted by atomic mass is 19.3. The van der Waals surface area contributed by atoms with E-state index in [1.165, 1.54) is 6.07 Å². The number of hydrogen-bond donors (Lipinski definition) is 0. The molecule has 0 N–H and O–H groups in total. The molecule has 21 heavy (non-hydrogen) atoms. The van der Waals surface area contributed by atoms with Crippen LogP contribution in [0.1, 0.15) is 31.2 Å². The molecule has 2 unspecified atom stereocenters. The van der Waals surface area contributed by atoms with Crippen molar-refractivity contribution in [2.24, 2.45) is 5.92 Å². The van der Waals surface area contributed by atoms with Crippen molar-refractivity contribution in [3.8, 4) is 5.75 Å². The predicted molar refractivity (Wildman–Crippen MR) is 72.4 cm³/mol. The van der Waals surface area contributed by atoms with Gasteiger partial charge in [-0.05, 0) is 31.7 Å². The van der Waals surface area contributed by atoms with Crippen molar-refractivity contribution in [3.05, 3.63) is 29.8 Å². The third-order valence-electron chi connectivity index (χ3n) is 4.30. The van der Waals surface area contributed by atoms with Crippen LogP contribution in [0.4, 0.5) is 8.78 Å². The molecule has 2 saturated heterocycles. The van der Waals surface area contributed by atoms with E-state index in [1.54, 1.807) is 18.2 Å². The summed E-state index contributed by atoms with van der Waals surface area (Å²) in [5.41, 5.74) is 0.529. The van der Waals surface area contributed by atoms with E-state index in [0.29, 0.717) is 5.56 Å². The topological polar surface area (TPSA) is 35.5 Å². The fourth-order valence-electron chi connectivity index (χ4n) is 3.31. The summed E-state index contributed by atoms with van der Waals surface area (Å²) >= 11 is 0. The molecule has 2 atom stereocenters. The quantitative estimate of drug-likeness (QED) is 0.836. The molecule has 1 aromatic carbocycles. The molecule has 0 spiro atoms. The molecular weight excluding hydrogens is 278 g/mol. The SMILES string of the molecule is O=C(Cc1ccccc1OC(F)F)C1CC2CCC(C1)O2. The molecule has 0 radical (unpaired) electrons. The Balaban J connectivity index is 1.67. The number of ketones is 1. The number of halogens is 2. The van der Waals surface area contributed by atoms with Gasteiger partial charge in [-0.15, -0.1) is 0 Å².